The summed E-state index contributed by atoms with van der Waals surface area (Å²) >= 11 is 7.68. The van der Waals surface area contributed by atoms with E-state index < -0.39 is 5.96 Å². The number of rotatable bonds is 7. The number of carbonyl (C=O) groups is 1. The molecule has 0 atom stereocenters. The minimum atomic E-state index is -3.18. The number of aldehydes is 1. The molecule has 4 rings (SSSR count). The number of methoxy groups -OCH3 is 1. The van der Waals surface area contributed by atoms with Gasteiger partial charge in [-0.1, -0.05) is 6.92 Å². The summed E-state index contributed by atoms with van der Waals surface area (Å²) in [4.78, 5) is 9.86. The van der Waals surface area contributed by atoms with Crippen molar-refractivity contribution in [3.05, 3.63) is 91.0 Å². The fraction of sp³-hybridized carbons (Fsp3) is 0.269. The Kier molecular flexibility index (Phi) is 7.14. The number of hydrogen-bond acceptors (Lipinski definition) is 2. The fourth-order valence-corrected chi connectivity index (χ4v) is 9.26. The first-order valence-electron chi connectivity index (χ1n) is 10.3. The number of ether oxygens (including phenoxy) is 1. The van der Waals surface area contributed by atoms with Gasteiger partial charge in [0.2, 0.25) is 0 Å². The Labute approximate surface area is 185 Å². The molecule has 0 bridgehead atoms. The Hall–Kier alpha value is -1.99. The maximum atomic E-state index is 9.86. The second-order valence-electron chi connectivity index (χ2n) is 8.29. The average Bonchev–Trinajstić information content (AvgIpc) is 3.53. The Morgan fingerprint density at radius 3 is 1.43 bits per heavy atom. The molecule has 0 N–H and O–H groups in total. The van der Waals surface area contributed by atoms with Gasteiger partial charge in [-0.3, -0.25) is 0 Å². The Bertz CT molecular complexity index is 841. The van der Waals surface area contributed by atoms with E-state index in [1.807, 2.05) is 54.6 Å². The van der Waals surface area contributed by atoms with Crippen LogP contribution in [0.4, 0.5) is 0 Å². The van der Waals surface area contributed by atoms with Crippen LogP contribution in [0.2, 0.25) is 0 Å². The van der Waals surface area contributed by atoms with Gasteiger partial charge in [0.25, 0.3) is 0 Å². The zero-order valence-electron chi connectivity index (χ0n) is 17.7. The Balaban J connectivity index is 0.000000310. The number of benzene rings is 3. The molecule has 0 aromatic heterocycles. The monoisotopic (exact) mass is 440 g/mol. The normalized spacial score (nSPS) is 15.8. The Morgan fingerprint density at radius 2 is 1.20 bits per heavy atom. The molecule has 1 saturated carbocycles. The van der Waals surface area contributed by atoms with Crippen LogP contribution in [-0.2, 0) is 9.53 Å². The van der Waals surface area contributed by atoms with Gasteiger partial charge >= 0.3 is 142 Å². The summed E-state index contributed by atoms with van der Waals surface area (Å²) in [5, 5.41) is 3.37. The maximum absolute atomic E-state index is 9.86. The van der Waals surface area contributed by atoms with Crippen LogP contribution in [0.1, 0.15) is 26.2 Å². The van der Waals surface area contributed by atoms with Crippen LogP contribution in [-0.4, -0.2) is 19.7 Å². The van der Waals surface area contributed by atoms with Crippen LogP contribution in [0.25, 0.3) is 0 Å². The van der Waals surface area contributed by atoms with Gasteiger partial charge in [0.05, 0.1) is 0 Å². The van der Waals surface area contributed by atoms with Crippen molar-refractivity contribution >= 4 is 39.4 Å². The average molecular weight is 441 g/mol. The summed E-state index contributed by atoms with van der Waals surface area (Å²) in [6.45, 7) is 2.15. The van der Waals surface area contributed by atoms with E-state index in [1.54, 1.807) is 7.11 Å². The van der Waals surface area contributed by atoms with E-state index >= 15 is 0 Å². The minimum absolute atomic E-state index is 0.432. The predicted molar refractivity (Wildman–Crippen MR) is 131 cm³/mol. The molecule has 3 aromatic rings. The molecule has 1 aliphatic carbocycles. The molecule has 1 aliphatic rings. The predicted octanol–water partition coefficient (Wildman–Crippen LogP) is 5.65. The van der Waals surface area contributed by atoms with E-state index in [0.29, 0.717) is 11.8 Å². The summed E-state index contributed by atoms with van der Waals surface area (Å²) in [6.07, 6.45) is 4.77. The SMILES string of the molecule is CC1(CC=O)CC1.COCP(Cl)(c1ccccc1)(c1ccccc1)c1ccccc1. The fourth-order valence-electron chi connectivity index (χ4n) is 3.75. The zero-order chi connectivity index (χ0) is 21.5. The zero-order valence-corrected chi connectivity index (χ0v) is 19.4. The van der Waals surface area contributed by atoms with E-state index in [1.165, 1.54) is 12.8 Å². The summed E-state index contributed by atoms with van der Waals surface area (Å²) in [7, 11) is 1.72. The molecule has 30 heavy (non-hydrogen) atoms. The first-order chi connectivity index (χ1) is 14.5. The van der Waals surface area contributed by atoms with Gasteiger partial charge in [-0.05, 0) is 18.3 Å². The van der Waals surface area contributed by atoms with E-state index in [-0.39, 0.29) is 0 Å². The molecule has 0 amide bonds. The molecular formula is C26H30ClO2P. The van der Waals surface area contributed by atoms with Crippen molar-refractivity contribution in [2.75, 3.05) is 13.5 Å². The third-order valence-electron chi connectivity index (χ3n) is 5.93. The topological polar surface area (TPSA) is 26.3 Å². The molecule has 1 fully saturated rings. The van der Waals surface area contributed by atoms with Crippen LogP contribution in [0.3, 0.4) is 0 Å². The third kappa shape index (κ3) is 4.52. The first-order valence-corrected chi connectivity index (χ1v) is 13.6. The van der Waals surface area contributed by atoms with Gasteiger partial charge in [0, 0.05) is 6.42 Å². The van der Waals surface area contributed by atoms with Gasteiger partial charge in [-0.15, -0.1) is 0 Å². The molecule has 0 aliphatic heterocycles. The van der Waals surface area contributed by atoms with Crippen molar-refractivity contribution < 1.29 is 9.53 Å². The van der Waals surface area contributed by atoms with Crippen molar-refractivity contribution in [2.45, 2.75) is 26.2 Å². The number of carbonyl (C=O) groups excluding carboxylic acids is 1. The first kappa shape index (κ1) is 22.7. The van der Waals surface area contributed by atoms with Crippen molar-refractivity contribution in [2.24, 2.45) is 5.41 Å². The van der Waals surface area contributed by atoms with Crippen LogP contribution < -0.4 is 15.9 Å². The van der Waals surface area contributed by atoms with E-state index in [4.69, 9.17) is 16.0 Å². The summed E-state index contributed by atoms with van der Waals surface area (Å²) in [5.41, 5.74) is 0.432. The van der Waals surface area contributed by atoms with Gasteiger partial charge in [0.15, 0.2) is 0 Å². The second kappa shape index (κ2) is 9.43. The van der Waals surface area contributed by atoms with Crippen LogP contribution in [0.5, 0.6) is 0 Å². The van der Waals surface area contributed by atoms with E-state index in [9.17, 15) is 4.79 Å². The molecular weight excluding hydrogens is 411 g/mol. The van der Waals surface area contributed by atoms with Gasteiger partial charge in [-0.2, -0.15) is 0 Å². The van der Waals surface area contributed by atoms with Crippen molar-refractivity contribution in [3.8, 4) is 0 Å². The molecule has 0 heterocycles. The second-order valence-corrected chi connectivity index (χ2v) is 14.7. The molecule has 0 saturated heterocycles. The molecule has 0 radical (unpaired) electrons. The van der Waals surface area contributed by atoms with E-state index in [0.717, 1.165) is 28.6 Å². The molecule has 0 unspecified atom stereocenters. The number of hydrogen-bond donors (Lipinski definition) is 0. The van der Waals surface area contributed by atoms with Crippen molar-refractivity contribution in [3.63, 3.8) is 0 Å². The quantitative estimate of drug-likeness (QED) is 0.350. The molecule has 3 aromatic carbocycles. The molecule has 4 heteroatoms. The van der Waals surface area contributed by atoms with Gasteiger partial charge in [0.1, 0.15) is 6.29 Å². The van der Waals surface area contributed by atoms with Crippen molar-refractivity contribution in [1.82, 2.24) is 0 Å². The van der Waals surface area contributed by atoms with Gasteiger partial charge < -0.3 is 4.79 Å². The standard InChI is InChI=1S/C20H20ClOP.C6H10O/c1-22-17-23(21,18-11-5-2-6-12-18,19-13-7-3-8-14-19)20-15-9-4-10-16-20;1-6(2-3-6)4-5-7/h2-16H,17H2,1H3;5H,2-4H2,1H3. The third-order valence-corrected chi connectivity index (χ3v) is 12.9. The summed E-state index contributed by atoms with van der Waals surface area (Å²) in [5.74, 6) is -3.18. The van der Waals surface area contributed by atoms with Crippen molar-refractivity contribution in [1.29, 1.82) is 0 Å². The Morgan fingerprint density at radius 1 is 0.833 bits per heavy atom. The molecule has 158 valence electrons. The molecule has 2 nitrogen and oxygen atoms in total. The van der Waals surface area contributed by atoms with Crippen LogP contribution in [0, 0.1) is 5.41 Å². The van der Waals surface area contributed by atoms with E-state index in [2.05, 4.69) is 43.3 Å². The van der Waals surface area contributed by atoms with Gasteiger partial charge in [-0.25, -0.2) is 0 Å². The van der Waals surface area contributed by atoms with Crippen LogP contribution in [0.15, 0.2) is 91.0 Å². The summed E-state index contributed by atoms with van der Waals surface area (Å²) in [6, 6.07) is 31.0. The number of halogens is 1. The molecule has 0 spiro atoms. The van der Waals surface area contributed by atoms with Crippen LogP contribution >= 0.6 is 17.2 Å². The summed E-state index contributed by atoms with van der Waals surface area (Å²) < 4.78 is 5.70.